The second-order valence-corrected chi connectivity index (χ2v) is 0.394. The van der Waals surface area contributed by atoms with Crippen LogP contribution < -0.4 is 5.84 Å². The molecule has 0 unspecified atom stereocenters. The molecule has 0 radical (unpaired) electrons. The number of hydrogen-bond donors (Lipinski definition) is 2. The number of rotatable bonds is 1. The average Bonchev–Trinajstić information content (AvgIpc) is 1.41. The van der Waals surface area contributed by atoms with Crippen molar-refractivity contribution in [3.63, 3.8) is 0 Å². The van der Waals surface area contributed by atoms with Crippen LogP contribution in [-0.2, 0) is 17.1 Å². The molecule has 0 aliphatic carbocycles. The molecule has 36 valence electrons. The van der Waals surface area contributed by atoms with Crippen molar-refractivity contribution in [2.45, 2.75) is 0 Å². The minimum atomic E-state index is 0. The molecule has 0 aromatic heterocycles. The fourth-order valence-corrected chi connectivity index (χ4v) is 0.0333. The molecule has 0 fully saturated rings. The van der Waals surface area contributed by atoms with Crippen molar-refractivity contribution in [3.8, 4) is 0 Å². The molecule has 6 heavy (non-hydrogen) atoms. The van der Waals surface area contributed by atoms with E-state index >= 15 is 0 Å². The number of nitrogens with two attached hydrogens (primary N) is 1. The van der Waals surface area contributed by atoms with Crippen LogP contribution in [-0.4, -0.2) is 6.34 Å². The Morgan fingerprint density at radius 1 is 1.67 bits per heavy atom. The van der Waals surface area contributed by atoms with E-state index in [0.717, 1.165) is 6.34 Å². The Morgan fingerprint density at radius 2 is 2.17 bits per heavy atom. The molecule has 3 N–H and O–H groups in total. The Bertz CT molecular complexity index is 49.5. The second-order valence-electron chi connectivity index (χ2n) is 0.394. The van der Waals surface area contributed by atoms with E-state index in [0.29, 0.717) is 0 Å². The van der Waals surface area contributed by atoms with Gasteiger partial charge in [-0.2, -0.15) is 5.10 Å². The molecular formula is CH4FeN4. The van der Waals surface area contributed by atoms with Gasteiger partial charge in [0, 0.05) is 17.1 Å². The smallest absolute Gasteiger partial charge is 0.156 e. The molecule has 0 amide bonds. The Labute approximate surface area is 45.8 Å². The molecule has 0 atom stereocenters. The van der Waals surface area contributed by atoms with Crippen LogP contribution >= 0.6 is 0 Å². The fraction of sp³-hybridized carbons (Fsp3) is 0. The minimum Gasteiger partial charge on any atom is -0.322 e. The third kappa shape index (κ3) is 9.53. The molecule has 0 rings (SSSR count). The maximum absolute atomic E-state index is 6.00. The van der Waals surface area contributed by atoms with Crippen LogP contribution in [0.15, 0.2) is 10.2 Å². The van der Waals surface area contributed by atoms with Gasteiger partial charge in [0.2, 0.25) is 0 Å². The van der Waals surface area contributed by atoms with Gasteiger partial charge in [-0.15, -0.1) is 5.11 Å². The zero-order valence-corrected chi connectivity index (χ0v) is 4.01. The van der Waals surface area contributed by atoms with Crippen LogP contribution in [0.4, 0.5) is 0 Å². The van der Waals surface area contributed by atoms with E-state index in [1.54, 1.807) is 0 Å². The predicted molar refractivity (Wildman–Crippen MR) is 17.8 cm³/mol. The van der Waals surface area contributed by atoms with E-state index in [9.17, 15) is 0 Å². The Kier molecular flexibility index (Phi) is 13.4. The maximum Gasteiger partial charge on any atom is 0.156 e. The van der Waals surface area contributed by atoms with Gasteiger partial charge in [0.05, 0.1) is 0 Å². The zero-order chi connectivity index (χ0) is 4.12. The fourth-order valence-electron chi connectivity index (χ4n) is 0.0333. The molecule has 0 aromatic carbocycles. The van der Waals surface area contributed by atoms with Crippen LogP contribution in [0.2, 0.25) is 0 Å². The molecule has 4 nitrogen and oxygen atoms in total. The molecule has 5 heteroatoms. The van der Waals surface area contributed by atoms with Gasteiger partial charge in [-0.25, -0.2) is 5.53 Å². The van der Waals surface area contributed by atoms with Gasteiger partial charge >= 0.3 is 0 Å². The van der Waals surface area contributed by atoms with Crippen molar-refractivity contribution in [1.29, 1.82) is 5.53 Å². The first-order valence-electron chi connectivity index (χ1n) is 0.998. The van der Waals surface area contributed by atoms with Crippen molar-refractivity contribution in [1.82, 2.24) is 0 Å². The Morgan fingerprint density at radius 3 is 2.17 bits per heavy atom. The molecule has 0 spiro atoms. The summed E-state index contributed by atoms with van der Waals surface area (Å²) in [6.45, 7) is 0. The van der Waals surface area contributed by atoms with Crippen LogP contribution in [0.5, 0.6) is 0 Å². The van der Waals surface area contributed by atoms with Gasteiger partial charge in [-0.3, -0.25) is 0 Å². The summed E-state index contributed by atoms with van der Waals surface area (Å²) in [7, 11) is 0. The van der Waals surface area contributed by atoms with Crippen molar-refractivity contribution >= 4 is 6.34 Å². The maximum atomic E-state index is 6.00. The van der Waals surface area contributed by atoms with Gasteiger partial charge in [0.15, 0.2) is 6.34 Å². The van der Waals surface area contributed by atoms with Crippen LogP contribution in [0, 0.1) is 5.53 Å². The molecule has 0 saturated carbocycles. The normalized spacial score (nSPS) is 7.33. The summed E-state index contributed by atoms with van der Waals surface area (Å²) in [4.78, 5) is 0. The average molecular weight is 128 g/mol. The van der Waals surface area contributed by atoms with Crippen molar-refractivity contribution < 1.29 is 17.1 Å². The largest absolute Gasteiger partial charge is 0.322 e. The van der Waals surface area contributed by atoms with Crippen molar-refractivity contribution in [3.05, 3.63) is 0 Å². The quantitative estimate of drug-likeness (QED) is 0.127. The molecule has 0 heterocycles. The van der Waals surface area contributed by atoms with Gasteiger partial charge in [-0.05, 0) is 0 Å². The van der Waals surface area contributed by atoms with E-state index in [2.05, 4.69) is 16.1 Å². The summed E-state index contributed by atoms with van der Waals surface area (Å²) >= 11 is 0. The van der Waals surface area contributed by atoms with Gasteiger partial charge in [0.25, 0.3) is 0 Å². The van der Waals surface area contributed by atoms with Gasteiger partial charge < -0.3 is 5.84 Å². The monoisotopic (exact) mass is 128 g/mol. The number of hydrogen-bond acceptors (Lipinski definition) is 3. The first-order chi connectivity index (χ1) is 2.41. The number of nitrogens with zero attached hydrogens (tertiary/aromatic N) is 2. The van der Waals surface area contributed by atoms with Crippen molar-refractivity contribution in [2.24, 2.45) is 16.1 Å². The summed E-state index contributed by atoms with van der Waals surface area (Å²) in [5.74, 6) is 4.49. The standard InChI is InChI=1S/CH4N4.Fe/c2-4-1-5-3;/h1-2H,3H2;. The van der Waals surface area contributed by atoms with Crippen LogP contribution in [0.1, 0.15) is 0 Å². The zero-order valence-electron chi connectivity index (χ0n) is 2.90. The third-order valence-corrected chi connectivity index (χ3v) is 0.124. The topological polar surface area (TPSA) is 74.6 Å². The SMILES string of the molecule is N=NC=NN.[Fe]. The molecular weight excluding hydrogens is 124 g/mol. The minimum absolute atomic E-state index is 0. The van der Waals surface area contributed by atoms with Crippen LogP contribution in [0.25, 0.3) is 0 Å². The number of nitrogens with one attached hydrogen (secondary N) is 1. The third-order valence-electron chi connectivity index (χ3n) is 0.124. The first-order valence-corrected chi connectivity index (χ1v) is 0.998. The van der Waals surface area contributed by atoms with Crippen LogP contribution in [0.3, 0.4) is 0 Å². The van der Waals surface area contributed by atoms with Gasteiger partial charge in [-0.1, -0.05) is 0 Å². The van der Waals surface area contributed by atoms with E-state index < -0.39 is 0 Å². The molecule has 0 aliphatic rings. The Hall–Kier alpha value is -0.411. The molecule has 0 aromatic rings. The molecule has 0 bridgehead atoms. The summed E-state index contributed by atoms with van der Waals surface area (Å²) in [5.41, 5.74) is 6.00. The van der Waals surface area contributed by atoms with Crippen molar-refractivity contribution in [2.75, 3.05) is 0 Å². The first kappa shape index (κ1) is 9.14. The van der Waals surface area contributed by atoms with E-state index in [1.807, 2.05) is 0 Å². The predicted octanol–water partition coefficient (Wildman–Crippen LogP) is -0.0831. The molecule has 0 aliphatic heterocycles. The van der Waals surface area contributed by atoms with E-state index in [4.69, 9.17) is 5.53 Å². The van der Waals surface area contributed by atoms with E-state index in [-0.39, 0.29) is 17.1 Å². The van der Waals surface area contributed by atoms with E-state index in [1.165, 1.54) is 0 Å². The van der Waals surface area contributed by atoms with Gasteiger partial charge in [0.1, 0.15) is 0 Å². The molecule has 0 saturated heterocycles. The Balaban J connectivity index is 0. The summed E-state index contributed by atoms with van der Waals surface area (Å²) in [6.07, 6.45) is 0.944. The summed E-state index contributed by atoms with van der Waals surface area (Å²) in [5, 5.41) is 5.56. The summed E-state index contributed by atoms with van der Waals surface area (Å²) < 4.78 is 0. The number of hydrazone groups is 1. The second kappa shape index (κ2) is 8.82. The summed E-state index contributed by atoms with van der Waals surface area (Å²) in [6, 6.07) is 0.